The van der Waals surface area contributed by atoms with Crippen LogP contribution in [-0.2, 0) is 11.3 Å². The van der Waals surface area contributed by atoms with E-state index in [1.807, 2.05) is 12.1 Å². The number of alkyl halides is 2. The van der Waals surface area contributed by atoms with E-state index in [0.717, 1.165) is 10.5 Å². The lowest BCUT2D eigenvalue weighted by atomic mass is 9.92. The number of hydrazone groups is 2. The number of aromatic nitrogens is 2. The average Bonchev–Trinajstić information content (AvgIpc) is 3.61. The van der Waals surface area contributed by atoms with Crippen LogP contribution in [0.25, 0.3) is 11.0 Å². The van der Waals surface area contributed by atoms with Gasteiger partial charge in [-0.2, -0.15) is 19.0 Å². The van der Waals surface area contributed by atoms with Gasteiger partial charge in [0.2, 0.25) is 11.9 Å². The molecule has 1 saturated heterocycles. The Labute approximate surface area is 204 Å². The Morgan fingerprint density at radius 2 is 2.06 bits per heavy atom. The molecule has 6 rings (SSSR count). The SMILES string of the molecule is FC(F)N1CC(C2C=NN3C(=NCc4nc5c(Cl)cccc5[nH]4)NC(N4CCOCC4)=NC23)C=N1. The lowest BCUT2D eigenvalue weighted by Gasteiger charge is -2.37. The minimum absolute atomic E-state index is 0.112. The van der Waals surface area contributed by atoms with E-state index >= 15 is 0 Å². The van der Waals surface area contributed by atoms with Gasteiger partial charge in [0.15, 0.2) is 6.17 Å². The van der Waals surface area contributed by atoms with Gasteiger partial charge in [-0.15, -0.1) is 0 Å². The Kier molecular flexibility index (Phi) is 5.72. The van der Waals surface area contributed by atoms with E-state index in [2.05, 4.69) is 30.4 Å². The fourth-order valence-electron chi connectivity index (χ4n) is 4.58. The van der Waals surface area contributed by atoms with Crippen LogP contribution >= 0.6 is 11.6 Å². The highest BCUT2D eigenvalue weighted by molar-refractivity contribution is 6.34. The molecule has 1 aromatic heterocycles. The van der Waals surface area contributed by atoms with E-state index in [0.29, 0.717) is 54.6 Å². The topological polar surface area (TPSA) is 109 Å². The van der Waals surface area contributed by atoms with E-state index in [1.165, 1.54) is 0 Å². The van der Waals surface area contributed by atoms with Crippen LogP contribution in [-0.4, -0.2) is 94.8 Å². The van der Waals surface area contributed by atoms with Gasteiger partial charge in [-0.3, -0.25) is 5.32 Å². The first-order chi connectivity index (χ1) is 17.1. The summed E-state index contributed by atoms with van der Waals surface area (Å²) in [5.74, 6) is 1.37. The van der Waals surface area contributed by atoms with Crippen LogP contribution in [0, 0.1) is 11.8 Å². The summed E-state index contributed by atoms with van der Waals surface area (Å²) >= 11 is 6.25. The number of rotatable bonds is 4. The first-order valence-electron chi connectivity index (χ1n) is 11.3. The van der Waals surface area contributed by atoms with E-state index in [9.17, 15) is 8.78 Å². The summed E-state index contributed by atoms with van der Waals surface area (Å²) in [7, 11) is 0. The summed E-state index contributed by atoms with van der Waals surface area (Å²) in [6.45, 7) is 0.297. The summed E-state index contributed by atoms with van der Waals surface area (Å²) in [6.07, 6.45) is 2.89. The molecule has 0 bridgehead atoms. The Hall–Kier alpha value is -3.32. The summed E-state index contributed by atoms with van der Waals surface area (Å²) < 4.78 is 31.8. The zero-order valence-corrected chi connectivity index (χ0v) is 19.3. The number of benzene rings is 1. The van der Waals surface area contributed by atoms with Crippen LogP contribution in [0.3, 0.4) is 0 Å². The second-order valence-electron chi connectivity index (χ2n) is 8.56. The number of nitrogens with zero attached hydrogens (tertiary/aromatic N) is 8. The number of aliphatic imine (C=N–C) groups is 2. The molecule has 2 N–H and O–H groups in total. The van der Waals surface area contributed by atoms with Crippen molar-refractivity contribution in [3.63, 3.8) is 0 Å². The van der Waals surface area contributed by atoms with Crippen LogP contribution in [0.1, 0.15) is 5.82 Å². The van der Waals surface area contributed by atoms with Crippen molar-refractivity contribution in [1.82, 2.24) is 30.2 Å². The second-order valence-corrected chi connectivity index (χ2v) is 8.97. The third-order valence-corrected chi connectivity index (χ3v) is 6.68. The number of aromatic amines is 1. The van der Waals surface area contributed by atoms with Crippen molar-refractivity contribution in [3.8, 4) is 0 Å². The smallest absolute Gasteiger partial charge is 0.329 e. The second kappa shape index (κ2) is 9.04. The van der Waals surface area contributed by atoms with E-state index in [4.69, 9.17) is 26.3 Å². The van der Waals surface area contributed by atoms with Gasteiger partial charge < -0.3 is 14.6 Å². The molecule has 0 radical (unpaired) electrons. The highest BCUT2D eigenvalue weighted by Gasteiger charge is 2.44. The minimum atomic E-state index is -2.64. The fourth-order valence-corrected chi connectivity index (χ4v) is 4.79. The summed E-state index contributed by atoms with van der Waals surface area (Å²) in [6, 6.07) is 5.56. The van der Waals surface area contributed by atoms with Crippen LogP contribution < -0.4 is 5.32 Å². The zero-order valence-electron chi connectivity index (χ0n) is 18.6. The van der Waals surface area contributed by atoms with Crippen molar-refractivity contribution in [2.75, 3.05) is 32.8 Å². The van der Waals surface area contributed by atoms with Crippen LogP contribution in [0.4, 0.5) is 8.78 Å². The van der Waals surface area contributed by atoms with E-state index in [1.54, 1.807) is 23.5 Å². The van der Waals surface area contributed by atoms with Gasteiger partial charge in [-0.25, -0.2) is 25.0 Å². The first-order valence-corrected chi connectivity index (χ1v) is 11.7. The van der Waals surface area contributed by atoms with Gasteiger partial charge in [0.05, 0.1) is 30.3 Å². The summed E-state index contributed by atoms with van der Waals surface area (Å²) in [5.41, 5.74) is 1.53. The van der Waals surface area contributed by atoms with Crippen LogP contribution in [0.2, 0.25) is 5.02 Å². The lowest BCUT2D eigenvalue weighted by Crippen LogP contribution is -2.58. The van der Waals surface area contributed by atoms with Gasteiger partial charge in [-0.05, 0) is 12.1 Å². The molecule has 14 heteroatoms. The van der Waals surface area contributed by atoms with Crippen molar-refractivity contribution in [2.24, 2.45) is 32.0 Å². The van der Waals surface area contributed by atoms with Crippen molar-refractivity contribution in [2.45, 2.75) is 19.3 Å². The number of morpholine rings is 1. The number of H-pyrrole nitrogens is 1. The number of para-hydroxylation sites is 1. The molecule has 3 atom stereocenters. The quantitative estimate of drug-likeness (QED) is 0.614. The molecule has 4 aliphatic heterocycles. The molecule has 35 heavy (non-hydrogen) atoms. The monoisotopic (exact) mass is 504 g/mol. The number of guanidine groups is 2. The largest absolute Gasteiger partial charge is 0.378 e. The molecule has 1 aromatic carbocycles. The van der Waals surface area contributed by atoms with E-state index in [-0.39, 0.29) is 24.9 Å². The van der Waals surface area contributed by atoms with Crippen LogP contribution in [0.5, 0.6) is 0 Å². The number of hydrogen-bond donors (Lipinski definition) is 2. The predicted octanol–water partition coefficient (Wildman–Crippen LogP) is 1.75. The highest BCUT2D eigenvalue weighted by atomic mass is 35.5. The molecule has 4 aliphatic rings. The molecule has 0 aliphatic carbocycles. The van der Waals surface area contributed by atoms with Gasteiger partial charge in [-0.1, -0.05) is 17.7 Å². The maximum atomic E-state index is 13.1. The van der Waals surface area contributed by atoms with Crippen molar-refractivity contribution < 1.29 is 13.5 Å². The number of ether oxygens (including phenoxy) is 1. The predicted molar refractivity (Wildman–Crippen MR) is 128 cm³/mol. The maximum Gasteiger partial charge on any atom is 0.329 e. The molecule has 3 unspecified atom stereocenters. The normalized spacial score (nSPS) is 27.3. The highest BCUT2D eigenvalue weighted by Crippen LogP contribution is 2.31. The Morgan fingerprint density at radius 1 is 1.20 bits per heavy atom. The first kappa shape index (κ1) is 22.2. The summed E-state index contributed by atoms with van der Waals surface area (Å²) in [4.78, 5) is 19.6. The molecule has 5 heterocycles. The molecular weight excluding hydrogens is 482 g/mol. The molecular formula is C21H23ClF2N10O. The zero-order chi connectivity index (χ0) is 23.9. The molecule has 11 nitrogen and oxygen atoms in total. The molecule has 184 valence electrons. The third-order valence-electron chi connectivity index (χ3n) is 6.38. The molecule has 0 saturated carbocycles. The summed E-state index contributed by atoms with van der Waals surface area (Å²) in [5, 5.41) is 14.7. The van der Waals surface area contributed by atoms with Gasteiger partial charge in [0.1, 0.15) is 17.9 Å². The molecule has 2 aromatic rings. The van der Waals surface area contributed by atoms with Crippen molar-refractivity contribution >= 4 is 47.0 Å². The third kappa shape index (κ3) is 4.18. The van der Waals surface area contributed by atoms with Crippen molar-refractivity contribution in [3.05, 3.63) is 29.0 Å². The fraction of sp³-hybridized carbons (Fsp3) is 0.476. The van der Waals surface area contributed by atoms with Crippen molar-refractivity contribution in [1.29, 1.82) is 0 Å². The van der Waals surface area contributed by atoms with E-state index < -0.39 is 12.7 Å². The molecule has 0 amide bonds. The number of nitrogens with one attached hydrogen (secondary N) is 2. The van der Waals surface area contributed by atoms with Gasteiger partial charge in [0, 0.05) is 37.4 Å². The lowest BCUT2D eigenvalue weighted by molar-refractivity contribution is -0.0240. The van der Waals surface area contributed by atoms with Crippen LogP contribution in [0.15, 0.2) is 38.4 Å². The Balaban J connectivity index is 1.27. The maximum absolute atomic E-state index is 13.1. The van der Waals surface area contributed by atoms with Gasteiger partial charge >= 0.3 is 6.55 Å². The Bertz CT molecular complexity index is 1220. The average molecular weight is 505 g/mol. The Morgan fingerprint density at radius 3 is 2.83 bits per heavy atom. The number of imidazole rings is 1. The number of halogens is 3. The molecule has 1 fully saturated rings. The van der Waals surface area contributed by atoms with Gasteiger partial charge in [0.25, 0.3) is 0 Å². The minimum Gasteiger partial charge on any atom is -0.378 e. The molecule has 0 spiro atoms. The number of fused-ring (bicyclic) bond motifs is 2. The number of hydrogen-bond acceptors (Lipinski definition) is 8. The standard InChI is InChI=1S/C21H23ClF2N10O/c22-14-2-1-3-15-17(14)29-16(28-15)10-25-20-31-21(32-4-6-35-7-5-32)30-18-13(9-27-34(18)20)12-8-26-33(11-12)19(23)24/h1-3,8-9,12-13,18-19H,4-7,10-11H2,(H,28,29)(H,25,30,31).